The van der Waals surface area contributed by atoms with Crippen LogP contribution in [0, 0.1) is 0 Å². The minimum Gasteiger partial charge on any atom is -0.325 e. The molecule has 0 spiro atoms. The van der Waals surface area contributed by atoms with Crippen molar-refractivity contribution in [1.29, 1.82) is 0 Å². The lowest BCUT2D eigenvalue weighted by Crippen LogP contribution is -2.18. The maximum absolute atomic E-state index is 12.3. The van der Waals surface area contributed by atoms with Crippen LogP contribution in [0.15, 0.2) is 83.2 Å². The van der Waals surface area contributed by atoms with Gasteiger partial charge >= 0.3 is 0 Å². The van der Waals surface area contributed by atoms with E-state index in [9.17, 15) is 14.4 Å². The molecule has 1 heterocycles. The number of nitrogens with zero attached hydrogens (tertiary/aromatic N) is 1. The first kappa shape index (κ1) is 24.8. The third-order valence-electron chi connectivity index (χ3n) is 4.56. The third kappa shape index (κ3) is 7.84. The summed E-state index contributed by atoms with van der Waals surface area (Å²) in [7, 11) is 0. The summed E-state index contributed by atoms with van der Waals surface area (Å²) in [6.45, 7) is 0. The van der Waals surface area contributed by atoms with Gasteiger partial charge in [-0.3, -0.25) is 14.4 Å². The Balaban J connectivity index is 1.22. The number of para-hydroxylation sites is 2. The van der Waals surface area contributed by atoms with Gasteiger partial charge < -0.3 is 16.0 Å². The number of aromatic nitrogens is 1. The van der Waals surface area contributed by atoms with Crippen molar-refractivity contribution in [2.45, 2.75) is 4.34 Å². The maximum Gasteiger partial charge on any atom is 0.234 e. The molecule has 178 valence electrons. The molecule has 0 saturated carbocycles. The van der Waals surface area contributed by atoms with E-state index in [1.54, 1.807) is 6.07 Å². The minimum absolute atomic E-state index is 0.0941. The zero-order valence-corrected chi connectivity index (χ0v) is 21.0. The van der Waals surface area contributed by atoms with Crippen LogP contribution in [0.2, 0.25) is 0 Å². The fourth-order valence-electron chi connectivity index (χ4n) is 3.04. The van der Waals surface area contributed by atoms with Crippen LogP contribution in [0.5, 0.6) is 0 Å². The molecular formula is C25H22N4O3S3. The van der Waals surface area contributed by atoms with E-state index >= 15 is 0 Å². The van der Waals surface area contributed by atoms with Crippen LogP contribution in [0.3, 0.4) is 0 Å². The summed E-state index contributed by atoms with van der Waals surface area (Å²) in [5.74, 6) is 0.187. The quantitative estimate of drug-likeness (QED) is 0.243. The number of amides is 3. The number of hydrogen-bond acceptors (Lipinski definition) is 7. The van der Waals surface area contributed by atoms with Crippen LogP contribution in [0.1, 0.15) is 0 Å². The Hall–Kier alpha value is -3.34. The summed E-state index contributed by atoms with van der Waals surface area (Å²) in [4.78, 5) is 41.0. The number of carbonyl (C=O) groups excluding carboxylic acids is 3. The Morgan fingerprint density at radius 1 is 0.686 bits per heavy atom. The molecule has 3 aromatic carbocycles. The fraction of sp³-hybridized carbons (Fsp3) is 0.120. The molecule has 10 heteroatoms. The molecule has 7 nitrogen and oxygen atoms in total. The number of benzene rings is 3. The molecule has 0 aliphatic carbocycles. The summed E-state index contributed by atoms with van der Waals surface area (Å²) in [6, 6.07) is 24.0. The average molecular weight is 523 g/mol. The molecule has 0 aliphatic heterocycles. The van der Waals surface area contributed by atoms with Gasteiger partial charge in [0.15, 0.2) is 4.34 Å². The van der Waals surface area contributed by atoms with E-state index in [1.807, 2.05) is 72.8 Å². The third-order valence-corrected chi connectivity index (χ3v) is 7.65. The lowest BCUT2D eigenvalue weighted by Gasteiger charge is -2.06. The van der Waals surface area contributed by atoms with Gasteiger partial charge in [0.05, 0.1) is 27.5 Å². The van der Waals surface area contributed by atoms with E-state index in [0.717, 1.165) is 25.9 Å². The molecule has 0 bridgehead atoms. The van der Waals surface area contributed by atoms with Gasteiger partial charge in [-0.1, -0.05) is 48.2 Å². The number of thiazole rings is 1. The number of hydrogen-bond donors (Lipinski definition) is 3. The van der Waals surface area contributed by atoms with E-state index in [0.29, 0.717) is 5.69 Å². The SMILES string of the molecule is O=C(CSCC(=O)Nc1ccc2nc(SCC(=O)Nc3ccccc3)sc2c1)Nc1ccccc1. The molecule has 0 radical (unpaired) electrons. The Labute approximate surface area is 215 Å². The minimum atomic E-state index is -0.182. The maximum atomic E-state index is 12.3. The van der Waals surface area contributed by atoms with Gasteiger partial charge in [-0.05, 0) is 42.5 Å². The Kier molecular flexibility index (Phi) is 8.77. The lowest BCUT2D eigenvalue weighted by atomic mass is 10.3. The molecule has 1 aromatic heterocycles. The topological polar surface area (TPSA) is 100 Å². The molecule has 0 saturated heterocycles. The first-order chi connectivity index (χ1) is 17.0. The second-order valence-corrected chi connectivity index (χ2v) is 10.6. The number of nitrogens with one attached hydrogen (secondary N) is 3. The predicted octanol–water partition coefficient (Wildman–Crippen LogP) is 5.34. The summed E-state index contributed by atoms with van der Waals surface area (Å²) < 4.78 is 1.70. The van der Waals surface area contributed by atoms with Gasteiger partial charge in [0.1, 0.15) is 0 Å². The fourth-order valence-corrected chi connectivity index (χ4v) is 5.57. The summed E-state index contributed by atoms with van der Waals surface area (Å²) >= 11 is 4.10. The smallest absolute Gasteiger partial charge is 0.234 e. The predicted molar refractivity (Wildman–Crippen MR) is 146 cm³/mol. The van der Waals surface area contributed by atoms with Crippen molar-refractivity contribution in [2.75, 3.05) is 33.2 Å². The number of anilines is 3. The Bertz CT molecular complexity index is 1310. The van der Waals surface area contributed by atoms with Gasteiger partial charge in [0.2, 0.25) is 17.7 Å². The molecule has 3 amide bonds. The average Bonchev–Trinajstić information content (AvgIpc) is 3.26. The van der Waals surface area contributed by atoms with E-state index < -0.39 is 0 Å². The normalized spacial score (nSPS) is 10.6. The number of rotatable bonds is 10. The van der Waals surface area contributed by atoms with Crippen molar-refractivity contribution in [3.8, 4) is 0 Å². The van der Waals surface area contributed by atoms with Gasteiger partial charge in [0, 0.05) is 17.1 Å². The largest absolute Gasteiger partial charge is 0.325 e. The van der Waals surface area contributed by atoms with Crippen LogP contribution >= 0.6 is 34.9 Å². The van der Waals surface area contributed by atoms with Crippen LogP contribution < -0.4 is 16.0 Å². The van der Waals surface area contributed by atoms with E-state index in [2.05, 4.69) is 20.9 Å². The van der Waals surface area contributed by atoms with Crippen molar-refractivity contribution in [3.63, 3.8) is 0 Å². The lowest BCUT2D eigenvalue weighted by molar-refractivity contribution is -0.114. The van der Waals surface area contributed by atoms with Crippen molar-refractivity contribution < 1.29 is 14.4 Å². The number of fused-ring (bicyclic) bond motifs is 1. The van der Waals surface area contributed by atoms with Gasteiger partial charge in [0.25, 0.3) is 0 Å². The number of carbonyl (C=O) groups is 3. The number of thioether (sulfide) groups is 2. The summed E-state index contributed by atoms with van der Waals surface area (Å²) in [6.07, 6.45) is 0. The molecule has 0 atom stereocenters. The zero-order valence-electron chi connectivity index (χ0n) is 18.5. The Morgan fingerprint density at radius 3 is 1.83 bits per heavy atom. The van der Waals surface area contributed by atoms with Crippen molar-refractivity contribution in [1.82, 2.24) is 4.98 Å². The molecule has 4 rings (SSSR count). The second kappa shape index (κ2) is 12.4. The van der Waals surface area contributed by atoms with Crippen LogP contribution in [-0.4, -0.2) is 40.0 Å². The highest BCUT2D eigenvalue weighted by Gasteiger charge is 2.11. The summed E-state index contributed by atoms with van der Waals surface area (Å²) in [5.41, 5.74) is 2.97. The standard InChI is InChI=1S/C25H22N4O3S3/c30-22(26-17-7-3-1-4-8-17)14-33-15-23(31)28-19-11-12-20-21(13-19)35-25(29-20)34-16-24(32)27-18-9-5-2-6-10-18/h1-13H,14-16H2,(H,26,30)(H,27,32)(H,28,31). The molecule has 0 unspecified atom stereocenters. The molecule has 35 heavy (non-hydrogen) atoms. The van der Waals surface area contributed by atoms with Gasteiger partial charge in [-0.15, -0.1) is 23.1 Å². The highest BCUT2D eigenvalue weighted by atomic mass is 32.2. The van der Waals surface area contributed by atoms with Gasteiger partial charge in [-0.2, -0.15) is 0 Å². The van der Waals surface area contributed by atoms with E-state index in [-0.39, 0.29) is 35.0 Å². The van der Waals surface area contributed by atoms with E-state index in [1.165, 1.54) is 34.9 Å². The monoisotopic (exact) mass is 522 g/mol. The first-order valence-electron chi connectivity index (χ1n) is 10.7. The Morgan fingerprint density at radius 2 is 1.23 bits per heavy atom. The highest BCUT2D eigenvalue weighted by molar-refractivity contribution is 8.01. The molecule has 0 fully saturated rings. The second-order valence-electron chi connectivity index (χ2n) is 7.32. The molecule has 0 aliphatic rings. The van der Waals surface area contributed by atoms with Gasteiger partial charge in [-0.25, -0.2) is 4.98 Å². The first-order valence-corrected chi connectivity index (χ1v) is 13.6. The van der Waals surface area contributed by atoms with Crippen molar-refractivity contribution in [3.05, 3.63) is 78.9 Å². The van der Waals surface area contributed by atoms with Crippen LogP contribution in [-0.2, 0) is 14.4 Å². The summed E-state index contributed by atoms with van der Waals surface area (Å²) in [5, 5.41) is 8.51. The highest BCUT2D eigenvalue weighted by Crippen LogP contribution is 2.31. The van der Waals surface area contributed by atoms with Crippen LogP contribution in [0.25, 0.3) is 10.2 Å². The molecule has 3 N–H and O–H groups in total. The molecular weight excluding hydrogens is 501 g/mol. The van der Waals surface area contributed by atoms with Crippen molar-refractivity contribution >= 4 is 79.9 Å². The zero-order chi connectivity index (χ0) is 24.5. The molecule has 4 aromatic rings. The van der Waals surface area contributed by atoms with Crippen molar-refractivity contribution in [2.24, 2.45) is 0 Å². The van der Waals surface area contributed by atoms with E-state index in [4.69, 9.17) is 0 Å². The van der Waals surface area contributed by atoms with Crippen LogP contribution in [0.4, 0.5) is 17.1 Å².